The van der Waals surface area contributed by atoms with Gasteiger partial charge < -0.3 is 10.2 Å². The van der Waals surface area contributed by atoms with Gasteiger partial charge in [0.1, 0.15) is 5.75 Å². The predicted octanol–water partition coefficient (Wildman–Crippen LogP) is 3.65. The Morgan fingerprint density at radius 1 is 1.29 bits per heavy atom. The van der Waals surface area contributed by atoms with Crippen molar-refractivity contribution in [3.05, 3.63) is 40.3 Å². The number of likely N-dealkylation sites (N-methyl/N-ethyl adjacent to an activating group) is 1. The molecule has 0 amide bonds. The lowest BCUT2D eigenvalue weighted by Gasteiger charge is -2.18. The van der Waals surface area contributed by atoms with E-state index in [0.29, 0.717) is 23.5 Å². The summed E-state index contributed by atoms with van der Waals surface area (Å²) in [6.07, 6.45) is 0.827. The number of thiophene rings is 1. The van der Waals surface area contributed by atoms with Gasteiger partial charge in [-0.05, 0) is 29.7 Å². The minimum absolute atomic E-state index is 0.125. The second-order valence-corrected chi connectivity index (χ2v) is 8.10. The lowest BCUT2D eigenvalue weighted by molar-refractivity contribution is 0.112. The number of rotatable bonds is 6. The average Bonchev–Trinajstić information content (AvgIpc) is 2.84. The highest BCUT2D eigenvalue weighted by Crippen LogP contribution is 2.46. The van der Waals surface area contributed by atoms with Crippen LogP contribution in [-0.2, 0) is 12.0 Å². The number of carbonyl (C=O) groups excluding carboxylic acids is 1. The number of aliphatic hydroxyl groups excluding tert-OH is 1. The van der Waals surface area contributed by atoms with Crippen molar-refractivity contribution in [2.24, 2.45) is 0 Å². The lowest BCUT2D eigenvalue weighted by Crippen LogP contribution is -2.21. The molecule has 4 nitrogen and oxygen atoms in total. The molecule has 5 heteroatoms. The van der Waals surface area contributed by atoms with Gasteiger partial charge in [0.05, 0.1) is 16.4 Å². The van der Waals surface area contributed by atoms with Crippen LogP contribution in [0, 0.1) is 0 Å². The number of aldehydes is 1. The second kappa shape index (κ2) is 7.47. The van der Waals surface area contributed by atoms with Gasteiger partial charge in [0.25, 0.3) is 0 Å². The maximum absolute atomic E-state index is 11.4. The van der Waals surface area contributed by atoms with Gasteiger partial charge in [0, 0.05) is 18.7 Å². The van der Waals surface area contributed by atoms with Gasteiger partial charge in [-0.15, -0.1) is 11.3 Å². The van der Waals surface area contributed by atoms with E-state index in [9.17, 15) is 9.90 Å². The smallest absolute Gasteiger partial charge is 0.160 e. The molecular formula is C19H25NO3S. The number of aromatic hydroxyl groups is 1. The number of benzene rings is 1. The highest BCUT2D eigenvalue weighted by Gasteiger charge is 2.27. The lowest BCUT2D eigenvalue weighted by atomic mass is 9.86. The third-order valence-corrected chi connectivity index (χ3v) is 5.04. The van der Waals surface area contributed by atoms with Crippen LogP contribution >= 0.6 is 11.3 Å². The molecule has 0 saturated carbocycles. The van der Waals surface area contributed by atoms with Crippen LogP contribution in [0.3, 0.4) is 0 Å². The molecule has 0 aliphatic carbocycles. The van der Waals surface area contributed by atoms with E-state index in [1.54, 1.807) is 0 Å². The molecule has 0 fully saturated rings. The molecule has 0 atom stereocenters. The summed E-state index contributed by atoms with van der Waals surface area (Å²) in [6, 6.07) is 7.95. The first kappa shape index (κ1) is 18.6. The van der Waals surface area contributed by atoms with Gasteiger partial charge in [-0.25, -0.2) is 0 Å². The fourth-order valence-electron chi connectivity index (χ4n) is 2.82. The molecule has 0 bridgehead atoms. The van der Waals surface area contributed by atoms with Gasteiger partial charge in [-0.1, -0.05) is 39.0 Å². The second-order valence-electron chi connectivity index (χ2n) is 7.05. The van der Waals surface area contributed by atoms with E-state index in [1.165, 1.54) is 11.3 Å². The van der Waals surface area contributed by atoms with Crippen LogP contribution in [0.1, 0.15) is 41.6 Å². The van der Waals surface area contributed by atoms with Crippen molar-refractivity contribution in [3.63, 3.8) is 0 Å². The molecule has 0 saturated heterocycles. The minimum atomic E-state index is -0.298. The van der Waals surface area contributed by atoms with Gasteiger partial charge in [0.2, 0.25) is 0 Å². The van der Waals surface area contributed by atoms with E-state index in [2.05, 4.69) is 0 Å². The Labute approximate surface area is 147 Å². The Balaban J connectivity index is 2.42. The van der Waals surface area contributed by atoms with E-state index < -0.39 is 0 Å². The summed E-state index contributed by atoms with van der Waals surface area (Å²) in [4.78, 5) is 14.8. The molecule has 0 aliphatic heterocycles. The van der Waals surface area contributed by atoms with Crippen LogP contribution in [0.4, 0.5) is 0 Å². The van der Waals surface area contributed by atoms with Crippen molar-refractivity contribution in [1.29, 1.82) is 0 Å². The summed E-state index contributed by atoms with van der Waals surface area (Å²) in [6.45, 7) is 7.42. The largest absolute Gasteiger partial charge is 0.506 e. The third kappa shape index (κ3) is 4.04. The summed E-state index contributed by atoms with van der Waals surface area (Å²) in [5.74, 6) is 0.204. The monoisotopic (exact) mass is 347 g/mol. The SMILES string of the molecule is CN(CCO)Cc1cccc(-c2sc(C=O)c(C(C)(C)C)c2O)c1. The highest BCUT2D eigenvalue weighted by atomic mass is 32.1. The number of carbonyl (C=O) groups is 1. The maximum atomic E-state index is 11.4. The molecule has 1 heterocycles. The van der Waals surface area contributed by atoms with Crippen molar-refractivity contribution in [1.82, 2.24) is 4.90 Å². The first-order chi connectivity index (χ1) is 11.3. The summed E-state index contributed by atoms with van der Waals surface area (Å²) < 4.78 is 0. The van der Waals surface area contributed by atoms with Crippen molar-refractivity contribution >= 4 is 17.6 Å². The van der Waals surface area contributed by atoms with Crippen molar-refractivity contribution in [2.45, 2.75) is 32.7 Å². The summed E-state index contributed by atoms with van der Waals surface area (Å²) in [5.41, 5.74) is 2.42. The molecule has 0 unspecified atom stereocenters. The molecule has 0 spiro atoms. The summed E-state index contributed by atoms with van der Waals surface area (Å²) in [7, 11) is 1.95. The fourth-order valence-corrected chi connectivity index (χ4v) is 4.03. The average molecular weight is 347 g/mol. The van der Waals surface area contributed by atoms with Crippen LogP contribution in [0.15, 0.2) is 24.3 Å². The number of aliphatic hydroxyl groups is 1. The van der Waals surface area contributed by atoms with Crippen molar-refractivity contribution < 1.29 is 15.0 Å². The molecule has 24 heavy (non-hydrogen) atoms. The topological polar surface area (TPSA) is 60.8 Å². The first-order valence-electron chi connectivity index (χ1n) is 7.98. The zero-order chi connectivity index (χ0) is 17.9. The van der Waals surface area contributed by atoms with E-state index in [-0.39, 0.29) is 17.8 Å². The highest BCUT2D eigenvalue weighted by molar-refractivity contribution is 7.17. The Bertz CT molecular complexity index is 716. The van der Waals surface area contributed by atoms with Crippen LogP contribution < -0.4 is 0 Å². The van der Waals surface area contributed by atoms with Crippen LogP contribution in [0.2, 0.25) is 0 Å². The van der Waals surface area contributed by atoms with E-state index in [1.807, 2.05) is 57.0 Å². The third-order valence-electron chi connectivity index (χ3n) is 3.89. The molecule has 130 valence electrons. The number of nitrogens with zero attached hydrogens (tertiary/aromatic N) is 1. The predicted molar refractivity (Wildman–Crippen MR) is 98.9 cm³/mol. The van der Waals surface area contributed by atoms with Crippen molar-refractivity contribution in [2.75, 3.05) is 20.2 Å². The summed E-state index contributed by atoms with van der Waals surface area (Å²) in [5, 5.41) is 19.7. The van der Waals surface area contributed by atoms with E-state index >= 15 is 0 Å². The zero-order valence-electron chi connectivity index (χ0n) is 14.7. The summed E-state index contributed by atoms with van der Waals surface area (Å²) >= 11 is 1.33. The molecule has 1 aromatic carbocycles. The van der Waals surface area contributed by atoms with Gasteiger partial charge >= 0.3 is 0 Å². The van der Waals surface area contributed by atoms with Gasteiger partial charge in [-0.2, -0.15) is 0 Å². The Morgan fingerprint density at radius 2 is 2.00 bits per heavy atom. The normalized spacial score (nSPS) is 11.9. The quantitative estimate of drug-likeness (QED) is 0.783. The van der Waals surface area contributed by atoms with Crippen LogP contribution in [-0.4, -0.2) is 41.6 Å². The molecule has 2 aromatic rings. The Hall–Kier alpha value is -1.69. The fraction of sp³-hybridized carbons (Fsp3) is 0.421. The molecule has 1 aromatic heterocycles. The Morgan fingerprint density at radius 3 is 2.54 bits per heavy atom. The molecule has 2 rings (SSSR count). The van der Waals surface area contributed by atoms with Crippen LogP contribution in [0.5, 0.6) is 5.75 Å². The van der Waals surface area contributed by atoms with Gasteiger partial charge in [-0.3, -0.25) is 9.69 Å². The standard InChI is InChI=1S/C19H25NO3S/c1-19(2,3)16-15(12-22)24-18(17(16)23)14-7-5-6-13(10-14)11-20(4)8-9-21/h5-7,10,12,21,23H,8-9,11H2,1-4H3. The molecule has 0 radical (unpaired) electrons. The van der Waals surface area contributed by atoms with E-state index in [4.69, 9.17) is 5.11 Å². The van der Waals surface area contributed by atoms with Gasteiger partial charge in [0.15, 0.2) is 6.29 Å². The molecular weight excluding hydrogens is 322 g/mol. The van der Waals surface area contributed by atoms with E-state index in [0.717, 1.165) is 22.3 Å². The minimum Gasteiger partial charge on any atom is -0.506 e. The zero-order valence-corrected chi connectivity index (χ0v) is 15.5. The molecule has 0 aliphatic rings. The maximum Gasteiger partial charge on any atom is 0.160 e. The molecule has 2 N–H and O–H groups in total. The van der Waals surface area contributed by atoms with Crippen LogP contribution in [0.25, 0.3) is 10.4 Å². The first-order valence-corrected chi connectivity index (χ1v) is 8.79. The number of hydrogen-bond acceptors (Lipinski definition) is 5. The van der Waals surface area contributed by atoms with Crippen molar-refractivity contribution in [3.8, 4) is 16.2 Å². The number of hydrogen-bond donors (Lipinski definition) is 2. The Kier molecular flexibility index (Phi) is 5.80.